The normalized spacial score (nSPS) is 10.6. The molecule has 4 aromatic rings. The van der Waals surface area contributed by atoms with Crippen LogP contribution < -0.4 is 20.9 Å². The lowest BCUT2D eigenvalue weighted by Crippen LogP contribution is -2.21. The first-order valence-electron chi connectivity index (χ1n) is 10.7. The van der Waals surface area contributed by atoms with E-state index in [4.69, 9.17) is 21.1 Å². The van der Waals surface area contributed by atoms with Crippen LogP contribution in [0.4, 0.5) is 16.2 Å². The first-order chi connectivity index (χ1) is 16.9. The van der Waals surface area contributed by atoms with Crippen molar-refractivity contribution in [2.75, 3.05) is 17.2 Å². The van der Waals surface area contributed by atoms with Crippen molar-refractivity contribution in [3.05, 3.63) is 99.6 Å². The summed E-state index contributed by atoms with van der Waals surface area (Å²) in [5, 5.41) is 5.79. The fourth-order valence-corrected chi connectivity index (χ4v) is 3.45. The van der Waals surface area contributed by atoms with Gasteiger partial charge in [0.15, 0.2) is 0 Å². The van der Waals surface area contributed by atoms with Gasteiger partial charge in [0, 0.05) is 24.0 Å². The molecule has 0 atom stereocenters. The monoisotopic (exact) mass is 492 g/mol. The Morgan fingerprint density at radius 1 is 1.03 bits per heavy atom. The van der Waals surface area contributed by atoms with E-state index in [0.717, 1.165) is 0 Å². The van der Waals surface area contributed by atoms with Crippen LogP contribution in [-0.2, 0) is 11.3 Å². The van der Waals surface area contributed by atoms with E-state index in [1.807, 2.05) is 0 Å². The van der Waals surface area contributed by atoms with Gasteiger partial charge in [0.1, 0.15) is 18.0 Å². The highest BCUT2D eigenvalue weighted by Crippen LogP contribution is 2.20. The minimum absolute atomic E-state index is 0.0525. The highest BCUT2D eigenvalue weighted by atomic mass is 35.5. The van der Waals surface area contributed by atoms with Crippen LogP contribution in [0.5, 0.6) is 5.75 Å². The second kappa shape index (κ2) is 10.7. The molecule has 0 saturated carbocycles. The zero-order chi connectivity index (χ0) is 24.8. The fraction of sp³-hybridized carbons (Fsp3) is 0.120. The van der Waals surface area contributed by atoms with Crippen LogP contribution in [0.1, 0.15) is 23.0 Å². The van der Waals surface area contributed by atoms with Crippen LogP contribution in [0.25, 0.3) is 5.65 Å². The number of ether oxygens (including phenoxy) is 2. The van der Waals surface area contributed by atoms with Gasteiger partial charge in [0.2, 0.25) is 0 Å². The Balaban J connectivity index is 1.41. The maximum atomic E-state index is 12.5. The van der Waals surface area contributed by atoms with E-state index in [0.29, 0.717) is 33.5 Å². The van der Waals surface area contributed by atoms with Crippen LogP contribution in [0, 0.1) is 0 Å². The van der Waals surface area contributed by atoms with Gasteiger partial charge in [-0.1, -0.05) is 29.8 Å². The number of nitrogens with one attached hydrogen (secondary N) is 2. The van der Waals surface area contributed by atoms with Gasteiger partial charge < -0.3 is 20.1 Å². The number of carbonyl (C=O) groups is 2. The Hall–Kier alpha value is -4.37. The Labute approximate surface area is 205 Å². The van der Waals surface area contributed by atoms with Crippen LogP contribution >= 0.6 is 11.6 Å². The Kier molecular flexibility index (Phi) is 7.27. The number of benzene rings is 2. The van der Waals surface area contributed by atoms with Crippen molar-refractivity contribution < 1.29 is 19.1 Å². The predicted molar refractivity (Wildman–Crippen MR) is 132 cm³/mol. The number of amides is 2. The first-order valence-corrected chi connectivity index (χ1v) is 11.1. The number of rotatable bonds is 7. The van der Waals surface area contributed by atoms with Gasteiger partial charge in [-0.25, -0.2) is 14.6 Å². The molecule has 35 heavy (non-hydrogen) atoms. The molecule has 10 heteroatoms. The standard InChI is InChI=1S/C25H21ClN4O5/c1-2-34-24(32)20-8-3-4-9-21(20)29-25(33)28-17-6-5-7-19(12-17)35-15-18-13-23(31)30-14-16(26)10-11-22(30)27-18/h3-14H,2,15H2,1H3,(H2,28,29,33). The second-order valence-corrected chi connectivity index (χ2v) is 7.76. The molecule has 0 saturated heterocycles. The van der Waals surface area contributed by atoms with Crippen molar-refractivity contribution >= 4 is 40.6 Å². The number of halogens is 1. The summed E-state index contributed by atoms with van der Waals surface area (Å²) in [6.07, 6.45) is 1.50. The summed E-state index contributed by atoms with van der Waals surface area (Å²) in [6, 6.07) is 17.4. The molecule has 2 N–H and O–H groups in total. The summed E-state index contributed by atoms with van der Waals surface area (Å²) < 4.78 is 12.1. The van der Waals surface area contributed by atoms with Crippen molar-refractivity contribution in [1.82, 2.24) is 9.38 Å². The highest BCUT2D eigenvalue weighted by molar-refractivity contribution is 6.30. The van der Waals surface area contributed by atoms with Gasteiger partial charge in [0.05, 0.1) is 28.6 Å². The number of nitrogens with zero attached hydrogens (tertiary/aromatic N) is 2. The quantitative estimate of drug-likeness (QED) is 0.360. The van der Waals surface area contributed by atoms with Gasteiger partial charge in [-0.05, 0) is 43.3 Å². The summed E-state index contributed by atoms with van der Waals surface area (Å²) in [6.45, 7) is 1.99. The fourth-order valence-electron chi connectivity index (χ4n) is 3.28. The number of aromatic nitrogens is 2. The van der Waals surface area contributed by atoms with Crippen molar-refractivity contribution in [3.8, 4) is 5.75 Å². The zero-order valence-electron chi connectivity index (χ0n) is 18.7. The lowest BCUT2D eigenvalue weighted by Gasteiger charge is -2.12. The average Bonchev–Trinajstić information content (AvgIpc) is 2.84. The molecular weight excluding hydrogens is 472 g/mol. The molecule has 0 unspecified atom stereocenters. The van der Waals surface area contributed by atoms with Crippen molar-refractivity contribution in [2.45, 2.75) is 13.5 Å². The van der Waals surface area contributed by atoms with E-state index in [1.54, 1.807) is 67.6 Å². The Morgan fingerprint density at radius 3 is 2.69 bits per heavy atom. The van der Waals surface area contributed by atoms with Gasteiger partial charge >= 0.3 is 12.0 Å². The Morgan fingerprint density at radius 2 is 1.86 bits per heavy atom. The van der Waals surface area contributed by atoms with E-state index in [9.17, 15) is 14.4 Å². The predicted octanol–water partition coefficient (Wildman–Crippen LogP) is 4.75. The van der Waals surface area contributed by atoms with Crippen LogP contribution in [-0.4, -0.2) is 28.0 Å². The van der Waals surface area contributed by atoms with E-state index < -0.39 is 12.0 Å². The summed E-state index contributed by atoms with van der Waals surface area (Å²) in [5.41, 5.74) is 1.68. The van der Waals surface area contributed by atoms with E-state index in [-0.39, 0.29) is 24.3 Å². The van der Waals surface area contributed by atoms with Gasteiger partial charge in [-0.15, -0.1) is 0 Å². The maximum absolute atomic E-state index is 12.5. The number of hydrogen-bond donors (Lipinski definition) is 2. The molecule has 0 spiro atoms. The number of pyridine rings is 1. The minimum atomic E-state index is -0.540. The number of carbonyl (C=O) groups excluding carboxylic acids is 2. The maximum Gasteiger partial charge on any atom is 0.340 e. The van der Waals surface area contributed by atoms with Gasteiger partial charge in [0.25, 0.3) is 5.56 Å². The molecule has 0 fully saturated rings. The lowest BCUT2D eigenvalue weighted by atomic mass is 10.2. The number of esters is 1. The third-order valence-electron chi connectivity index (χ3n) is 4.83. The smallest absolute Gasteiger partial charge is 0.340 e. The molecule has 0 bridgehead atoms. The molecule has 2 heterocycles. The van der Waals surface area contributed by atoms with E-state index in [2.05, 4.69) is 15.6 Å². The van der Waals surface area contributed by atoms with Crippen molar-refractivity contribution in [3.63, 3.8) is 0 Å². The van der Waals surface area contributed by atoms with Crippen LogP contribution in [0.3, 0.4) is 0 Å². The molecule has 0 aliphatic heterocycles. The molecule has 0 radical (unpaired) electrons. The highest BCUT2D eigenvalue weighted by Gasteiger charge is 2.14. The molecule has 4 rings (SSSR count). The van der Waals surface area contributed by atoms with Crippen molar-refractivity contribution in [1.29, 1.82) is 0 Å². The van der Waals surface area contributed by atoms with Crippen LogP contribution in [0.2, 0.25) is 5.02 Å². The first kappa shape index (κ1) is 23.8. The van der Waals surface area contributed by atoms with Crippen LogP contribution in [0.15, 0.2) is 77.7 Å². The average molecular weight is 493 g/mol. The molecule has 0 aliphatic carbocycles. The summed E-state index contributed by atoms with van der Waals surface area (Å²) in [7, 11) is 0. The molecule has 2 aromatic carbocycles. The molecule has 9 nitrogen and oxygen atoms in total. The zero-order valence-corrected chi connectivity index (χ0v) is 19.4. The number of hydrogen-bond acceptors (Lipinski definition) is 6. The molecule has 2 aromatic heterocycles. The summed E-state index contributed by atoms with van der Waals surface area (Å²) in [4.78, 5) is 41.3. The molecule has 0 aliphatic rings. The molecule has 2 amide bonds. The minimum Gasteiger partial charge on any atom is -0.487 e. The lowest BCUT2D eigenvalue weighted by molar-refractivity contribution is 0.0527. The van der Waals surface area contributed by atoms with Crippen molar-refractivity contribution in [2.24, 2.45) is 0 Å². The molecular formula is C25H21ClN4O5. The third-order valence-corrected chi connectivity index (χ3v) is 5.05. The number of fused-ring (bicyclic) bond motifs is 1. The largest absolute Gasteiger partial charge is 0.487 e. The second-order valence-electron chi connectivity index (χ2n) is 7.32. The SMILES string of the molecule is CCOC(=O)c1ccccc1NC(=O)Nc1cccc(OCc2cc(=O)n3cc(Cl)ccc3n2)c1. The summed E-state index contributed by atoms with van der Waals surface area (Å²) >= 11 is 5.93. The van der Waals surface area contributed by atoms with Gasteiger partial charge in [-0.2, -0.15) is 0 Å². The topological polar surface area (TPSA) is 111 Å². The number of anilines is 2. The van der Waals surface area contributed by atoms with Gasteiger partial charge in [-0.3, -0.25) is 9.20 Å². The van der Waals surface area contributed by atoms with E-state index in [1.165, 1.54) is 16.7 Å². The summed E-state index contributed by atoms with van der Waals surface area (Å²) in [5.74, 6) is -0.0586. The molecule has 178 valence electrons. The Bertz CT molecular complexity index is 1450. The number of para-hydroxylation sites is 1. The third kappa shape index (κ3) is 5.96. The number of urea groups is 1. The van der Waals surface area contributed by atoms with E-state index >= 15 is 0 Å².